The summed E-state index contributed by atoms with van der Waals surface area (Å²) in [5, 5.41) is 3.31. The number of benzene rings is 2. The molecule has 1 atom stereocenters. The van der Waals surface area contributed by atoms with Gasteiger partial charge in [-0.1, -0.05) is 59.8 Å². The van der Waals surface area contributed by atoms with Gasteiger partial charge in [0.15, 0.2) is 5.16 Å². The fraction of sp³-hybridized carbons (Fsp3) is 0.261. The number of carbonyl (C=O) groups is 1. The number of aromatic nitrogens is 2. The Morgan fingerprint density at radius 2 is 1.86 bits per heavy atom. The van der Waals surface area contributed by atoms with Crippen LogP contribution in [0.5, 0.6) is 0 Å². The molecule has 6 heteroatoms. The van der Waals surface area contributed by atoms with Crippen molar-refractivity contribution in [2.24, 2.45) is 0 Å². The lowest BCUT2D eigenvalue weighted by Gasteiger charge is -2.25. The highest BCUT2D eigenvalue weighted by Gasteiger charge is 2.31. The Morgan fingerprint density at radius 3 is 2.62 bits per heavy atom. The van der Waals surface area contributed by atoms with Crippen LogP contribution < -0.4 is 10.9 Å². The summed E-state index contributed by atoms with van der Waals surface area (Å²) in [6.07, 6.45) is 0.247. The third-order valence-corrected chi connectivity index (χ3v) is 6.28. The molecule has 0 aliphatic carbocycles. The SMILES string of the molecule is Cc1ccc([C@@H]2CC(=O)Nc3nc(SCc4ccccc4C)[nH]c(=O)c32)c(C)c1. The van der Waals surface area contributed by atoms with Crippen LogP contribution in [-0.2, 0) is 10.5 Å². The molecule has 1 aromatic heterocycles. The molecule has 2 heterocycles. The molecule has 1 amide bonds. The van der Waals surface area contributed by atoms with E-state index in [0.717, 1.165) is 16.7 Å². The van der Waals surface area contributed by atoms with Crippen LogP contribution >= 0.6 is 11.8 Å². The van der Waals surface area contributed by atoms with Crippen molar-refractivity contribution in [2.45, 2.75) is 44.0 Å². The second-order valence-corrected chi connectivity index (χ2v) is 8.48. The highest BCUT2D eigenvalue weighted by molar-refractivity contribution is 7.98. The normalized spacial score (nSPS) is 15.7. The molecule has 148 valence electrons. The number of aromatic amines is 1. The van der Waals surface area contributed by atoms with Crippen LogP contribution in [0, 0.1) is 20.8 Å². The van der Waals surface area contributed by atoms with Gasteiger partial charge in [-0.25, -0.2) is 4.98 Å². The van der Waals surface area contributed by atoms with Gasteiger partial charge in [-0.05, 0) is 43.0 Å². The van der Waals surface area contributed by atoms with Crippen molar-refractivity contribution < 1.29 is 4.79 Å². The first-order chi connectivity index (χ1) is 13.9. The predicted molar refractivity (Wildman–Crippen MR) is 117 cm³/mol. The molecule has 1 aliphatic rings. The summed E-state index contributed by atoms with van der Waals surface area (Å²) in [6.45, 7) is 6.11. The summed E-state index contributed by atoms with van der Waals surface area (Å²) in [7, 11) is 0. The molecule has 0 saturated heterocycles. The lowest BCUT2D eigenvalue weighted by atomic mass is 9.84. The van der Waals surface area contributed by atoms with E-state index in [1.54, 1.807) is 0 Å². The first-order valence-electron chi connectivity index (χ1n) is 9.61. The van der Waals surface area contributed by atoms with Gasteiger partial charge < -0.3 is 10.3 Å². The Labute approximate surface area is 174 Å². The van der Waals surface area contributed by atoms with Crippen molar-refractivity contribution >= 4 is 23.5 Å². The number of thioether (sulfide) groups is 1. The standard InChI is InChI=1S/C23H23N3O2S/c1-13-8-9-17(15(3)10-13)18-11-19(27)24-21-20(18)22(28)26-23(25-21)29-12-16-7-5-4-6-14(16)2/h4-10,18H,11-12H2,1-3H3,(H2,24,25,26,27,28)/t18-/m0/s1. The van der Waals surface area contributed by atoms with E-state index in [1.807, 2.05) is 38.1 Å². The zero-order valence-corrected chi connectivity index (χ0v) is 17.5. The number of H-pyrrole nitrogens is 1. The van der Waals surface area contributed by atoms with Crippen LogP contribution in [-0.4, -0.2) is 15.9 Å². The van der Waals surface area contributed by atoms with Gasteiger partial charge in [-0.2, -0.15) is 0 Å². The lowest BCUT2D eigenvalue weighted by Crippen LogP contribution is -2.31. The molecular formula is C23H23N3O2S. The molecule has 0 spiro atoms. The van der Waals surface area contributed by atoms with Crippen LogP contribution in [0.2, 0.25) is 0 Å². The minimum atomic E-state index is -0.286. The summed E-state index contributed by atoms with van der Waals surface area (Å²) >= 11 is 1.46. The molecule has 0 bridgehead atoms. The van der Waals surface area contributed by atoms with Crippen LogP contribution in [0.3, 0.4) is 0 Å². The maximum atomic E-state index is 13.0. The van der Waals surface area contributed by atoms with E-state index in [4.69, 9.17) is 0 Å². The number of nitrogens with zero attached hydrogens (tertiary/aromatic N) is 1. The second kappa shape index (κ2) is 7.87. The number of anilines is 1. The Hall–Kier alpha value is -2.86. The topological polar surface area (TPSA) is 74.8 Å². The lowest BCUT2D eigenvalue weighted by molar-refractivity contribution is -0.116. The van der Waals surface area contributed by atoms with Crippen molar-refractivity contribution in [2.75, 3.05) is 5.32 Å². The van der Waals surface area contributed by atoms with Crippen molar-refractivity contribution in [3.63, 3.8) is 0 Å². The zero-order chi connectivity index (χ0) is 20.5. The summed E-state index contributed by atoms with van der Waals surface area (Å²) in [6, 6.07) is 14.2. The number of rotatable bonds is 4. The molecule has 5 nitrogen and oxygen atoms in total. The number of amides is 1. The fourth-order valence-corrected chi connectivity index (χ4v) is 4.76. The van der Waals surface area contributed by atoms with E-state index in [0.29, 0.717) is 22.3 Å². The van der Waals surface area contributed by atoms with Gasteiger partial charge in [0.25, 0.3) is 5.56 Å². The molecule has 0 unspecified atom stereocenters. The monoisotopic (exact) mass is 405 g/mol. The van der Waals surface area contributed by atoms with Crippen molar-refractivity contribution in [3.05, 3.63) is 86.2 Å². The Bertz CT molecular complexity index is 1150. The average molecular weight is 406 g/mol. The number of aryl methyl sites for hydroxylation is 3. The average Bonchev–Trinajstić information content (AvgIpc) is 2.66. The number of carbonyl (C=O) groups excluding carboxylic acids is 1. The Balaban J connectivity index is 1.69. The molecule has 1 aliphatic heterocycles. The molecule has 2 N–H and O–H groups in total. The predicted octanol–water partition coefficient (Wildman–Crippen LogP) is 4.46. The van der Waals surface area contributed by atoms with E-state index < -0.39 is 0 Å². The highest BCUT2D eigenvalue weighted by Crippen LogP contribution is 2.36. The van der Waals surface area contributed by atoms with Gasteiger partial charge in [0.05, 0.1) is 5.56 Å². The highest BCUT2D eigenvalue weighted by atomic mass is 32.2. The number of fused-ring (bicyclic) bond motifs is 1. The first-order valence-corrected chi connectivity index (χ1v) is 10.6. The largest absolute Gasteiger partial charge is 0.310 e. The number of nitrogens with one attached hydrogen (secondary N) is 2. The third kappa shape index (κ3) is 3.98. The molecule has 0 fully saturated rings. The summed E-state index contributed by atoms with van der Waals surface area (Å²) in [5.41, 5.74) is 5.97. The number of hydrogen-bond acceptors (Lipinski definition) is 4. The van der Waals surface area contributed by atoms with Crippen LogP contribution in [0.4, 0.5) is 5.82 Å². The summed E-state index contributed by atoms with van der Waals surface area (Å²) in [5.74, 6) is 0.673. The van der Waals surface area contributed by atoms with E-state index in [1.165, 1.54) is 22.9 Å². The molecular weight excluding hydrogens is 382 g/mol. The van der Waals surface area contributed by atoms with E-state index in [2.05, 4.69) is 40.4 Å². The molecule has 4 rings (SSSR count). The molecule has 0 saturated carbocycles. The fourth-order valence-electron chi connectivity index (χ4n) is 3.82. The van der Waals surface area contributed by atoms with Gasteiger partial charge in [0, 0.05) is 18.1 Å². The number of hydrogen-bond donors (Lipinski definition) is 2. The maximum Gasteiger partial charge on any atom is 0.257 e. The van der Waals surface area contributed by atoms with E-state index in [-0.39, 0.29) is 23.8 Å². The van der Waals surface area contributed by atoms with Crippen LogP contribution in [0.1, 0.15) is 45.7 Å². The third-order valence-electron chi connectivity index (χ3n) is 5.36. The van der Waals surface area contributed by atoms with Crippen molar-refractivity contribution in [1.29, 1.82) is 0 Å². The Kier molecular flexibility index (Phi) is 5.28. The molecule has 2 aromatic carbocycles. The van der Waals surface area contributed by atoms with Gasteiger partial charge in [0.1, 0.15) is 5.82 Å². The van der Waals surface area contributed by atoms with Crippen LogP contribution in [0.15, 0.2) is 52.4 Å². The molecule has 0 radical (unpaired) electrons. The van der Waals surface area contributed by atoms with Gasteiger partial charge in [-0.3, -0.25) is 9.59 Å². The molecule has 29 heavy (non-hydrogen) atoms. The Morgan fingerprint density at radius 1 is 1.07 bits per heavy atom. The quantitative estimate of drug-likeness (QED) is 0.496. The maximum absolute atomic E-state index is 13.0. The minimum absolute atomic E-state index is 0.115. The van der Waals surface area contributed by atoms with E-state index in [9.17, 15) is 9.59 Å². The minimum Gasteiger partial charge on any atom is -0.310 e. The van der Waals surface area contributed by atoms with Gasteiger partial charge in [0.2, 0.25) is 5.91 Å². The van der Waals surface area contributed by atoms with Crippen molar-refractivity contribution in [3.8, 4) is 0 Å². The van der Waals surface area contributed by atoms with E-state index >= 15 is 0 Å². The zero-order valence-electron chi connectivity index (χ0n) is 16.7. The second-order valence-electron chi connectivity index (χ2n) is 7.51. The van der Waals surface area contributed by atoms with Gasteiger partial charge in [-0.15, -0.1) is 0 Å². The van der Waals surface area contributed by atoms with Crippen LogP contribution in [0.25, 0.3) is 0 Å². The van der Waals surface area contributed by atoms with Crippen molar-refractivity contribution in [1.82, 2.24) is 9.97 Å². The first kappa shape index (κ1) is 19.5. The molecule has 3 aromatic rings. The summed E-state index contributed by atoms with van der Waals surface area (Å²) in [4.78, 5) is 32.8. The smallest absolute Gasteiger partial charge is 0.257 e. The summed E-state index contributed by atoms with van der Waals surface area (Å²) < 4.78 is 0. The van der Waals surface area contributed by atoms with Gasteiger partial charge >= 0.3 is 0 Å².